The fraction of sp³-hybridized carbons (Fsp3) is 0.250. The van der Waals surface area contributed by atoms with Crippen molar-refractivity contribution >= 4 is 22.9 Å². The molecule has 6 nitrogen and oxygen atoms in total. The quantitative estimate of drug-likeness (QED) is 0.849. The maximum absolute atomic E-state index is 11.2. The molecule has 1 aromatic heterocycles. The zero-order valence-corrected chi connectivity index (χ0v) is 10.1. The third-order valence-electron chi connectivity index (χ3n) is 2.40. The number of carbonyl (C=O) groups excluding carboxylic acids is 1. The van der Waals surface area contributed by atoms with Gasteiger partial charge in [-0.25, -0.2) is 9.78 Å². The number of nitrogens with one attached hydrogen (secondary N) is 1. The molecule has 2 aromatic rings. The highest BCUT2D eigenvalue weighted by Gasteiger charge is 2.10. The van der Waals surface area contributed by atoms with E-state index in [1.165, 1.54) is 0 Å². The number of aromatic nitrogens is 2. The van der Waals surface area contributed by atoms with Gasteiger partial charge in [-0.05, 0) is 25.5 Å². The van der Waals surface area contributed by atoms with Crippen molar-refractivity contribution in [3.05, 3.63) is 23.8 Å². The Kier molecular flexibility index (Phi) is 3.27. The second-order valence-corrected chi connectivity index (χ2v) is 3.69. The Balaban J connectivity index is 2.42. The first kappa shape index (κ1) is 12.1. The average Bonchev–Trinajstić information content (AvgIpc) is 2.31. The average molecular weight is 247 g/mol. The number of ether oxygens (including phenoxy) is 1. The maximum atomic E-state index is 11.2. The third-order valence-corrected chi connectivity index (χ3v) is 2.40. The molecule has 1 aromatic carbocycles. The number of para-hydroxylation sites is 1. The summed E-state index contributed by atoms with van der Waals surface area (Å²) in [6, 6.07) is 5.38. The van der Waals surface area contributed by atoms with Crippen LogP contribution in [0.15, 0.2) is 18.2 Å². The zero-order valence-electron chi connectivity index (χ0n) is 10.1. The first-order valence-corrected chi connectivity index (χ1v) is 5.52. The van der Waals surface area contributed by atoms with Gasteiger partial charge in [0, 0.05) is 0 Å². The maximum Gasteiger partial charge on any atom is 0.414 e. The van der Waals surface area contributed by atoms with E-state index in [0.717, 1.165) is 5.56 Å². The molecule has 94 valence electrons. The standard InChI is InChI=1S/C12H13N3O3/c1-3-18-12(17)15-11-13-9-7(2)5-4-6-8(9)10(16)14-11/h4-6H,3H2,1-2H3,(H2,13,14,15,16,17). The van der Waals surface area contributed by atoms with Crippen molar-refractivity contribution in [1.82, 2.24) is 9.97 Å². The van der Waals surface area contributed by atoms with Gasteiger partial charge in [0.2, 0.25) is 11.8 Å². The van der Waals surface area contributed by atoms with E-state index in [2.05, 4.69) is 15.3 Å². The number of carbonyl (C=O) groups is 1. The molecule has 0 aliphatic rings. The topological polar surface area (TPSA) is 84.3 Å². The highest BCUT2D eigenvalue weighted by molar-refractivity contribution is 5.89. The lowest BCUT2D eigenvalue weighted by atomic mass is 10.1. The molecule has 2 N–H and O–H groups in total. The number of hydrogen-bond acceptors (Lipinski definition) is 5. The highest BCUT2D eigenvalue weighted by Crippen LogP contribution is 2.24. The molecule has 0 fully saturated rings. The lowest BCUT2D eigenvalue weighted by Gasteiger charge is -2.07. The van der Waals surface area contributed by atoms with Crippen LogP contribution >= 0.6 is 0 Å². The summed E-state index contributed by atoms with van der Waals surface area (Å²) in [5.41, 5.74) is 1.48. The van der Waals surface area contributed by atoms with Crippen LogP contribution in [0, 0.1) is 6.92 Å². The van der Waals surface area contributed by atoms with Gasteiger partial charge in [-0.2, -0.15) is 4.98 Å². The van der Waals surface area contributed by atoms with Crippen LogP contribution in [0.5, 0.6) is 5.88 Å². The normalized spacial score (nSPS) is 10.3. The number of nitrogens with zero attached hydrogens (tertiary/aromatic N) is 2. The Hall–Kier alpha value is -2.37. The minimum absolute atomic E-state index is 0.0211. The van der Waals surface area contributed by atoms with E-state index < -0.39 is 6.09 Å². The highest BCUT2D eigenvalue weighted by atomic mass is 16.5. The number of amides is 1. The van der Waals surface area contributed by atoms with Crippen molar-refractivity contribution < 1.29 is 14.6 Å². The van der Waals surface area contributed by atoms with E-state index in [1.807, 2.05) is 13.0 Å². The molecule has 0 saturated heterocycles. The van der Waals surface area contributed by atoms with Crippen molar-refractivity contribution in [2.24, 2.45) is 0 Å². The molecule has 0 spiro atoms. The number of fused-ring (bicyclic) bond motifs is 1. The van der Waals surface area contributed by atoms with Crippen molar-refractivity contribution in [1.29, 1.82) is 0 Å². The summed E-state index contributed by atoms with van der Waals surface area (Å²) < 4.78 is 4.72. The molecule has 0 unspecified atom stereocenters. The van der Waals surface area contributed by atoms with Crippen LogP contribution in [0.25, 0.3) is 10.9 Å². The SMILES string of the molecule is CCOC(=O)Nc1nc(O)c2cccc(C)c2n1. The van der Waals surface area contributed by atoms with Crippen molar-refractivity contribution in [2.75, 3.05) is 11.9 Å². The number of benzene rings is 1. The monoisotopic (exact) mass is 247 g/mol. The summed E-state index contributed by atoms with van der Waals surface area (Å²) in [7, 11) is 0. The summed E-state index contributed by atoms with van der Waals surface area (Å²) in [5.74, 6) is -0.150. The molecule has 0 bridgehead atoms. The molecule has 1 heterocycles. The van der Waals surface area contributed by atoms with E-state index in [-0.39, 0.29) is 18.4 Å². The third kappa shape index (κ3) is 2.32. The van der Waals surface area contributed by atoms with Crippen LogP contribution in [0.3, 0.4) is 0 Å². The summed E-state index contributed by atoms with van der Waals surface area (Å²) >= 11 is 0. The second-order valence-electron chi connectivity index (χ2n) is 3.69. The number of rotatable bonds is 2. The Bertz CT molecular complexity index is 598. The van der Waals surface area contributed by atoms with Gasteiger partial charge in [-0.3, -0.25) is 5.32 Å². The fourth-order valence-corrected chi connectivity index (χ4v) is 1.59. The molecule has 0 aliphatic carbocycles. The van der Waals surface area contributed by atoms with Crippen LogP contribution in [0.4, 0.5) is 10.7 Å². The van der Waals surface area contributed by atoms with E-state index in [0.29, 0.717) is 10.9 Å². The smallest absolute Gasteiger partial charge is 0.414 e. The number of aromatic hydroxyl groups is 1. The largest absolute Gasteiger partial charge is 0.493 e. The zero-order chi connectivity index (χ0) is 13.1. The van der Waals surface area contributed by atoms with Gasteiger partial charge in [0.15, 0.2) is 0 Å². The first-order chi connectivity index (χ1) is 8.61. The summed E-state index contributed by atoms with van der Waals surface area (Å²) in [6.07, 6.45) is -0.648. The van der Waals surface area contributed by atoms with Crippen molar-refractivity contribution in [3.8, 4) is 5.88 Å². The summed E-state index contributed by atoms with van der Waals surface area (Å²) in [4.78, 5) is 19.2. The van der Waals surface area contributed by atoms with E-state index in [1.54, 1.807) is 19.1 Å². The Morgan fingerprint density at radius 2 is 2.22 bits per heavy atom. The first-order valence-electron chi connectivity index (χ1n) is 5.52. The summed E-state index contributed by atoms with van der Waals surface area (Å²) in [5, 5.41) is 12.7. The molecule has 1 amide bonds. The fourth-order valence-electron chi connectivity index (χ4n) is 1.59. The Morgan fingerprint density at radius 1 is 1.44 bits per heavy atom. The number of aryl methyl sites for hydroxylation is 1. The van der Waals surface area contributed by atoms with E-state index in [9.17, 15) is 9.90 Å². The van der Waals surface area contributed by atoms with Gasteiger partial charge < -0.3 is 9.84 Å². The molecule has 0 aliphatic heterocycles. The van der Waals surface area contributed by atoms with Crippen LogP contribution < -0.4 is 5.32 Å². The molecular formula is C12H13N3O3. The number of anilines is 1. The minimum atomic E-state index is -0.648. The predicted octanol–water partition coefficient (Wildman–Crippen LogP) is 2.21. The van der Waals surface area contributed by atoms with Crippen LogP contribution in [-0.2, 0) is 4.74 Å². The molecule has 6 heteroatoms. The summed E-state index contributed by atoms with van der Waals surface area (Å²) in [6.45, 7) is 3.82. The van der Waals surface area contributed by atoms with E-state index >= 15 is 0 Å². The minimum Gasteiger partial charge on any atom is -0.493 e. The van der Waals surface area contributed by atoms with Gasteiger partial charge in [0.05, 0.1) is 17.5 Å². The Labute approximate surface area is 104 Å². The van der Waals surface area contributed by atoms with Crippen LogP contribution in [-0.4, -0.2) is 27.8 Å². The van der Waals surface area contributed by atoms with Gasteiger partial charge in [0.1, 0.15) is 0 Å². The van der Waals surface area contributed by atoms with Crippen molar-refractivity contribution in [3.63, 3.8) is 0 Å². The van der Waals surface area contributed by atoms with Crippen LogP contribution in [0.2, 0.25) is 0 Å². The van der Waals surface area contributed by atoms with Gasteiger partial charge in [-0.1, -0.05) is 12.1 Å². The second kappa shape index (κ2) is 4.87. The molecule has 2 rings (SSSR count). The lowest BCUT2D eigenvalue weighted by Crippen LogP contribution is -2.15. The van der Waals surface area contributed by atoms with Gasteiger partial charge in [0.25, 0.3) is 0 Å². The van der Waals surface area contributed by atoms with Gasteiger partial charge in [-0.15, -0.1) is 0 Å². The molecule has 0 saturated carbocycles. The van der Waals surface area contributed by atoms with E-state index in [4.69, 9.17) is 4.74 Å². The lowest BCUT2D eigenvalue weighted by molar-refractivity contribution is 0.167. The van der Waals surface area contributed by atoms with Crippen molar-refractivity contribution in [2.45, 2.75) is 13.8 Å². The molecular weight excluding hydrogens is 234 g/mol. The predicted molar refractivity (Wildman–Crippen MR) is 66.6 cm³/mol. The number of hydrogen-bond donors (Lipinski definition) is 2. The van der Waals surface area contributed by atoms with Gasteiger partial charge >= 0.3 is 6.09 Å². The molecule has 0 radical (unpaired) electrons. The Morgan fingerprint density at radius 3 is 2.94 bits per heavy atom. The molecule has 18 heavy (non-hydrogen) atoms. The van der Waals surface area contributed by atoms with Crippen LogP contribution in [0.1, 0.15) is 12.5 Å². The molecule has 0 atom stereocenters.